The summed E-state index contributed by atoms with van der Waals surface area (Å²) in [6, 6.07) is 11.1. The highest BCUT2D eigenvalue weighted by Gasteiger charge is 2.17. The zero-order chi connectivity index (χ0) is 14.5. The van der Waals surface area contributed by atoms with Crippen LogP contribution in [0, 0.1) is 11.6 Å². The first kappa shape index (κ1) is 14.8. The average Bonchev–Trinajstić information content (AvgIpc) is 2.45. The van der Waals surface area contributed by atoms with Gasteiger partial charge in [-0.15, -0.1) is 11.8 Å². The minimum Gasteiger partial charge on any atom is -0.386 e. The maximum absolute atomic E-state index is 13.5. The first-order chi connectivity index (χ1) is 9.63. The number of para-hydroxylation sites is 1. The van der Waals surface area contributed by atoms with Crippen molar-refractivity contribution in [3.63, 3.8) is 0 Å². The van der Waals surface area contributed by atoms with Crippen molar-refractivity contribution in [3.8, 4) is 0 Å². The SMILES string of the molecule is CSc1ccccc1NCC(O)c1c(F)cccc1F. The van der Waals surface area contributed by atoms with Gasteiger partial charge in [0.25, 0.3) is 0 Å². The average molecular weight is 295 g/mol. The monoisotopic (exact) mass is 295 g/mol. The van der Waals surface area contributed by atoms with Gasteiger partial charge in [-0.25, -0.2) is 8.78 Å². The lowest BCUT2D eigenvalue weighted by Gasteiger charge is -2.16. The van der Waals surface area contributed by atoms with E-state index in [2.05, 4.69) is 5.32 Å². The van der Waals surface area contributed by atoms with Gasteiger partial charge in [0.1, 0.15) is 17.7 Å². The smallest absolute Gasteiger partial charge is 0.132 e. The van der Waals surface area contributed by atoms with Crippen LogP contribution in [0.5, 0.6) is 0 Å². The molecule has 106 valence electrons. The van der Waals surface area contributed by atoms with Crippen LogP contribution in [-0.4, -0.2) is 17.9 Å². The topological polar surface area (TPSA) is 32.3 Å². The van der Waals surface area contributed by atoms with Crippen molar-refractivity contribution in [2.45, 2.75) is 11.0 Å². The van der Waals surface area contributed by atoms with Gasteiger partial charge in [0.15, 0.2) is 0 Å². The number of hydrogen-bond donors (Lipinski definition) is 2. The van der Waals surface area contributed by atoms with Gasteiger partial charge >= 0.3 is 0 Å². The third-order valence-electron chi connectivity index (χ3n) is 2.93. The Labute approximate surface area is 120 Å². The number of thioether (sulfide) groups is 1. The van der Waals surface area contributed by atoms with Crippen molar-refractivity contribution in [2.75, 3.05) is 18.1 Å². The van der Waals surface area contributed by atoms with Gasteiger partial charge in [-0.1, -0.05) is 18.2 Å². The van der Waals surface area contributed by atoms with E-state index < -0.39 is 17.7 Å². The van der Waals surface area contributed by atoms with Gasteiger partial charge in [-0.05, 0) is 30.5 Å². The molecule has 0 saturated heterocycles. The van der Waals surface area contributed by atoms with Gasteiger partial charge in [0, 0.05) is 17.1 Å². The zero-order valence-electron chi connectivity index (χ0n) is 10.9. The number of halogens is 2. The second kappa shape index (κ2) is 6.72. The van der Waals surface area contributed by atoms with Crippen LogP contribution in [0.1, 0.15) is 11.7 Å². The molecule has 2 rings (SSSR count). The summed E-state index contributed by atoms with van der Waals surface area (Å²) < 4.78 is 27.1. The van der Waals surface area contributed by atoms with Crippen molar-refractivity contribution in [1.29, 1.82) is 0 Å². The molecule has 0 amide bonds. The minimum atomic E-state index is -1.24. The highest BCUT2D eigenvalue weighted by atomic mass is 32.2. The number of benzene rings is 2. The second-order valence-corrected chi connectivity index (χ2v) is 5.08. The molecule has 0 spiro atoms. The largest absolute Gasteiger partial charge is 0.386 e. The van der Waals surface area contributed by atoms with E-state index in [-0.39, 0.29) is 12.1 Å². The van der Waals surface area contributed by atoms with Gasteiger partial charge in [-0.3, -0.25) is 0 Å². The van der Waals surface area contributed by atoms with Crippen LogP contribution in [0.15, 0.2) is 47.4 Å². The van der Waals surface area contributed by atoms with Crippen LogP contribution < -0.4 is 5.32 Å². The van der Waals surface area contributed by atoms with Crippen molar-refractivity contribution < 1.29 is 13.9 Å². The fraction of sp³-hybridized carbons (Fsp3) is 0.200. The van der Waals surface area contributed by atoms with E-state index in [0.717, 1.165) is 22.7 Å². The third-order valence-corrected chi connectivity index (χ3v) is 3.72. The molecule has 2 N–H and O–H groups in total. The molecule has 1 unspecified atom stereocenters. The number of aliphatic hydroxyl groups excluding tert-OH is 1. The molecular formula is C15H15F2NOS. The molecule has 5 heteroatoms. The Kier molecular flexibility index (Phi) is 4.98. The summed E-state index contributed by atoms with van der Waals surface area (Å²) in [4.78, 5) is 1.01. The van der Waals surface area contributed by atoms with E-state index in [1.165, 1.54) is 6.07 Å². The van der Waals surface area contributed by atoms with Gasteiger partial charge in [0.2, 0.25) is 0 Å². The summed E-state index contributed by atoms with van der Waals surface area (Å²) in [6.07, 6.45) is 0.694. The Hall–Kier alpha value is -1.59. The fourth-order valence-corrected chi connectivity index (χ4v) is 2.50. The van der Waals surface area contributed by atoms with E-state index in [4.69, 9.17) is 0 Å². The van der Waals surface area contributed by atoms with Gasteiger partial charge in [0.05, 0.1) is 5.56 Å². The highest BCUT2D eigenvalue weighted by Crippen LogP contribution is 2.26. The van der Waals surface area contributed by atoms with Crippen molar-refractivity contribution in [1.82, 2.24) is 0 Å². The third kappa shape index (κ3) is 3.29. The molecule has 0 radical (unpaired) electrons. The van der Waals surface area contributed by atoms with Crippen LogP contribution in [0.2, 0.25) is 0 Å². The summed E-state index contributed by atoms with van der Waals surface area (Å²) in [5.74, 6) is -1.48. The maximum Gasteiger partial charge on any atom is 0.132 e. The lowest BCUT2D eigenvalue weighted by atomic mass is 10.1. The molecule has 0 bridgehead atoms. The van der Waals surface area contributed by atoms with Crippen molar-refractivity contribution in [3.05, 3.63) is 59.7 Å². The van der Waals surface area contributed by atoms with Crippen LogP contribution in [0.4, 0.5) is 14.5 Å². The molecule has 2 aromatic rings. The standard InChI is InChI=1S/C15H15F2NOS/c1-20-14-8-3-2-7-12(14)18-9-13(19)15-10(16)5-4-6-11(15)17/h2-8,13,18-19H,9H2,1H3. The molecule has 0 aromatic heterocycles. The van der Waals surface area contributed by atoms with Gasteiger partial charge in [-0.2, -0.15) is 0 Å². The number of hydrogen-bond acceptors (Lipinski definition) is 3. The molecule has 2 nitrogen and oxygen atoms in total. The number of nitrogens with one attached hydrogen (secondary N) is 1. The summed E-state index contributed by atoms with van der Waals surface area (Å²) in [5.41, 5.74) is 0.525. The molecular weight excluding hydrogens is 280 g/mol. The van der Waals surface area contributed by atoms with E-state index >= 15 is 0 Å². The molecule has 0 aliphatic carbocycles. The van der Waals surface area contributed by atoms with E-state index in [0.29, 0.717) is 0 Å². The Morgan fingerprint density at radius 2 is 1.75 bits per heavy atom. The number of aliphatic hydroxyl groups is 1. The lowest BCUT2D eigenvalue weighted by molar-refractivity contribution is 0.181. The van der Waals surface area contributed by atoms with Crippen LogP contribution in [-0.2, 0) is 0 Å². The van der Waals surface area contributed by atoms with Crippen LogP contribution in [0.3, 0.4) is 0 Å². The first-order valence-corrected chi connectivity index (χ1v) is 7.35. The molecule has 20 heavy (non-hydrogen) atoms. The fourth-order valence-electron chi connectivity index (χ4n) is 1.93. The van der Waals surface area contributed by atoms with Crippen molar-refractivity contribution in [2.24, 2.45) is 0 Å². The minimum absolute atomic E-state index is 0.0371. The molecule has 0 aliphatic rings. The Bertz CT molecular complexity index is 572. The maximum atomic E-state index is 13.5. The summed E-state index contributed by atoms with van der Waals surface area (Å²) in [5, 5.41) is 13.0. The summed E-state index contributed by atoms with van der Waals surface area (Å²) >= 11 is 1.56. The molecule has 0 heterocycles. The van der Waals surface area contributed by atoms with E-state index in [1.54, 1.807) is 11.8 Å². The first-order valence-electron chi connectivity index (χ1n) is 6.12. The predicted molar refractivity (Wildman–Crippen MR) is 78.0 cm³/mol. The Morgan fingerprint density at radius 3 is 2.40 bits per heavy atom. The van der Waals surface area contributed by atoms with Crippen molar-refractivity contribution >= 4 is 17.4 Å². The van der Waals surface area contributed by atoms with Crippen LogP contribution >= 0.6 is 11.8 Å². The van der Waals surface area contributed by atoms with E-state index in [1.807, 2.05) is 30.5 Å². The quantitative estimate of drug-likeness (QED) is 0.822. The summed E-state index contributed by atoms with van der Waals surface area (Å²) in [7, 11) is 0. The Morgan fingerprint density at radius 1 is 1.10 bits per heavy atom. The highest BCUT2D eigenvalue weighted by molar-refractivity contribution is 7.98. The molecule has 0 saturated carbocycles. The zero-order valence-corrected chi connectivity index (χ0v) is 11.8. The summed E-state index contributed by atoms with van der Waals surface area (Å²) in [6.45, 7) is 0.0371. The normalized spacial score (nSPS) is 12.2. The predicted octanol–water partition coefficient (Wildman–Crippen LogP) is 3.83. The number of rotatable bonds is 5. The molecule has 0 aliphatic heterocycles. The molecule has 2 aromatic carbocycles. The lowest BCUT2D eigenvalue weighted by Crippen LogP contribution is -2.15. The van der Waals surface area contributed by atoms with E-state index in [9.17, 15) is 13.9 Å². The van der Waals surface area contributed by atoms with Crippen LogP contribution in [0.25, 0.3) is 0 Å². The second-order valence-electron chi connectivity index (χ2n) is 4.23. The molecule has 0 fully saturated rings. The van der Waals surface area contributed by atoms with Gasteiger partial charge < -0.3 is 10.4 Å². The Balaban J connectivity index is 2.11. The number of anilines is 1. The molecule has 1 atom stereocenters.